The Morgan fingerprint density at radius 2 is 1.72 bits per heavy atom. The Morgan fingerprint density at radius 3 is 2.33 bits per heavy atom. The zero-order chi connectivity index (χ0) is 28.4. The Bertz CT molecular complexity index is 1440. The van der Waals surface area contributed by atoms with Crippen molar-refractivity contribution in [3.8, 4) is 22.7 Å². The van der Waals surface area contributed by atoms with Gasteiger partial charge in [-0.25, -0.2) is 9.69 Å². The van der Waals surface area contributed by atoms with Gasteiger partial charge in [0.05, 0.1) is 22.2 Å². The minimum atomic E-state index is -3.74. The van der Waals surface area contributed by atoms with E-state index in [0.717, 1.165) is 32.4 Å². The van der Waals surface area contributed by atoms with Gasteiger partial charge in [-0.2, -0.15) is 13.5 Å². The molecule has 0 radical (unpaired) electrons. The number of aromatic nitrogens is 2. The van der Waals surface area contributed by atoms with Gasteiger partial charge < -0.3 is 4.18 Å². The molecule has 11 heteroatoms. The molecule has 0 saturated carbocycles. The van der Waals surface area contributed by atoms with Gasteiger partial charge >= 0.3 is 10.1 Å². The van der Waals surface area contributed by atoms with E-state index in [4.69, 9.17) is 27.4 Å². The van der Waals surface area contributed by atoms with Crippen LogP contribution < -0.4 is 9.61 Å². The van der Waals surface area contributed by atoms with Crippen molar-refractivity contribution in [1.82, 2.24) is 20.2 Å². The quantitative estimate of drug-likeness (QED) is 0.303. The Hall–Kier alpha value is -2.59. The second kappa shape index (κ2) is 11.9. The van der Waals surface area contributed by atoms with E-state index in [-0.39, 0.29) is 28.5 Å². The lowest BCUT2D eigenvalue weighted by molar-refractivity contribution is 0.0743. The average molecular weight is 594 g/mol. The van der Waals surface area contributed by atoms with Crippen molar-refractivity contribution in [2.75, 3.05) is 18.8 Å². The molecule has 2 aromatic carbocycles. The molecule has 1 aliphatic heterocycles. The molecule has 39 heavy (non-hydrogen) atoms. The zero-order valence-electron chi connectivity index (χ0n) is 22.6. The fourth-order valence-electron chi connectivity index (χ4n) is 4.37. The number of nitrogens with zero attached hydrogens (tertiary/aromatic N) is 3. The van der Waals surface area contributed by atoms with Crippen LogP contribution in [0.5, 0.6) is 5.75 Å². The van der Waals surface area contributed by atoms with Crippen molar-refractivity contribution in [3.05, 3.63) is 63.8 Å². The fraction of sp³-hybridized carbons (Fsp3) is 0.429. The summed E-state index contributed by atoms with van der Waals surface area (Å²) in [4.78, 5) is 13.3. The summed E-state index contributed by atoms with van der Waals surface area (Å²) in [5, 5.41) is 7.44. The molecule has 2 heterocycles. The van der Waals surface area contributed by atoms with Crippen molar-refractivity contribution in [2.24, 2.45) is 5.41 Å². The van der Waals surface area contributed by atoms with Gasteiger partial charge in [0, 0.05) is 29.2 Å². The van der Waals surface area contributed by atoms with Gasteiger partial charge in [-0.1, -0.05) is 50.4 Å². The maximum Gasteiger partial charge on any atom is 0.309 e. The number of rotatable bonds is 8. The van der Waals surface area contributed by atoms with E-state index in [9.17, 15) is 13.2 Å². The van der Waals surface area contributed by atoms with Crippen LogP contribution in [-0.2, 0) is 10.1 Å². The third-order valence-corrected chi connectivity index (χ3v) is 8.23. The first-order valence-electron chi connectivity index (χ1n) is 13.0. The zero-order valence-corrected chi connectivity index (χ0v) is 25.0. The highest BCUT2D eigenvalue weighted by molar-refractivity contribution is 7.87. The summed E-state index contributed by atoms with van der Waals surface area (Å²) in [5.74, 6) is -0.164. The predicted molar refractivity (Wildman–Crippen MR) is 155 cm³/mol. The van der Waals surface area contributed by atoms with Gasteiger partial charge in [-0.15, -0.1) is 0 Å². The average Bonchev–Trinajstić information content (AvgIpc) is 3.20. The van der Waals surface area contributed by atoms with E-state index in [0.29, 0.717) is 39.0 Å². The number of carbonyl (C=O) groups is 1. The van der Waals surface area contributed by atoms with E-state index in [2.05, 4.69) is 10.5 Å². The van der Waals surface area contributed by atoms with Crippen LogP contribution in [0.4, 0.5) is 0 Å². The van der Waals surface area contributed by atoms with Crippen LogP contribution in [0.1, 0.15) is 62.5 Å². The number of hydrazine groups is 1. The molecule has 0 spiro atoms. The van der Waals surface area contributed by atoms with E-state index in [1.165, 1.54) is 0 Å². The summed E-state index contributed by atoms with van der Waals surface area (Å²) < 4.78 is 31.9. The van der Waals surface area contributed by atoms with Gasteiger partial charge in [-0.05, 0) is 74.1 Å². The Morgan fingerprint density at radius 1 is 1.05 bits per heavy atom. The van der Waals surface area contributed by atoms with Gasteiger partial charge in [0.15, 0.2) is 5.69 Å². The second-order valence-corrected chi connectivity index (χ2v) is 13.5. The molecular formula is C28H34Cl2N4O4S. The molecule has 8 nitrogen and oxygen atoms in total. The van der Waals surface area contributed by atoms with Crippen molar-refractivity contribution in [1.29, 1.82) is 0 Å². The largest absolute Gasteiger partial charge is 0.382 e. The molecule has 0 unspecified atom stereocenters. The van der Waals surface area contributed by atoms with Crippen LogP contribution in [0.15, 0.2) is 42.5 Å². The highest BCUT2D eigenvalue weighted by Crippen LogP contribution is 2.34. The van der Waals surface area contributed by atoms with Gasteiger partial charge in [0.25, 0.3) is 5.91 Å². The first kappa shape index (κ1) is 29.4. The molecule has 1 aliphatic rings. The topological polar surface area (TPSA) is 93.5 Å². The predicted octanol–water partition coefficient (Wildman–Crippen LogP) is 6.43. The molecule has 1 N–H and O–H groups in total. The first-order chi connectivity index (χ1) is 18.3. The van der Waals surface area contributed by atoms with Crippen molar-refractivity contribution < 1.29 is 17.4 Å². The number of hydrogen-bond donors (Lipinski definition) is 1. The summed E-state index contributed by atoms with van der Waals surface area (Å²) >= 11 is 12.7. The standard InChI is InChI=1S/C28H34Cl2N4O4S/c1-19-25(27(35)32-33-15-6-5-7-16-33)31-34(24-13-10-21(29)18-23(24)30)26(19)20-8-11-22(12-9-20)38-39(36,37)17-14-28(2,3)4/h8-13,18H,5-7,14-17H2,1-4H3,(H,32,35). The molecule has 1 aromatic heterocycles. The van der Waals surface area contributed by atoms with E-state index < -0.39 is 10.1 Å². The molecule has 0 bridgehead atoms. The maximum atomic E-state index is 13.3. The molecule has 1 fully saturated rings. The smallest absolute Gasteiger partial charge is 0.309 e. The third kappa shape index (κ3) is 7.54. The normalized spacial score (nSPS) is 14.8. The lowest BCUT2D eigenvalue weighted by Gasteiger charge is -2.26. The second-order valence-electron chi connectivity index (χ2n) is 11.0. The fourth-order valence-corrected chi connectivity index (χ4v) is 6.21. The lowest BCUT2D eigenvalue weighted by atomic mass is 9.94. The van der Waals surface area contributed by atoms with Gasteiger partial charge in [0.2, 0.25) is 0 Å². The summed E-state index contributed by atoms with van der Waals surface area (Å²) in [5.41, 5.74) is 5.69. The van der Waals surface area contributed by atoms with Crippen molar-refractivity contribution in [3.63, 3.8) is 0 Å². The summed E-state index contributed by atoms with van der Waals surface area (Å²) in [6.45, 7) is 9.36. The molecule has 4 rings (SSSR count). The molecule has 1 amide bonds. The number of piperidine rings is 1. The Balaban J connectivity index is 1.68. The van der Waals surface area contributed by atoms with Crippen LogP contribution >= 0.6 is 23.2 Å². The highest BCUT2D eigenvalue weighted by Gasteiger charge is 2.25. The highest BCUT2D eigenvalue weighted by atomic mass is 35.5. The lowest BCUT2D eigenvalue weighted by Crippen LogP contribution is -2.45. The number of benzene rings is 2. The van der Waals surface area contributed by atoms with Crippen LogP contribution in [-0.4, -0.2) is 48.0 Å². The minimum Gasteiger partial charge on any atom is -0.382 e. The van der Waals surface area contributed by atoms with Crippen LogP contribution in [0.3, 0.4) is 0 Å². The van der Waals surface area contributed by atoms with Crippen LogP contribution in [0.2, 0.25) is 10.0 Å². The number of halogens is 2. The SMILES string of the molecule is Cc1c(C(=O)NN2CCCCC2)nn(-c2ccc(Cl)cc2Cl)c1-c1ccc(OS(=O)(=O)CCC(C)(C)C)cc1. The minimum absolute atomic E-state index is 0.0747. The van der Waals surface area contributed by atoms with E-state index in [1.807, 2.05) is 32.7 Å². The summed E-state index contributed by atoms with van der Waals surface area (Å²) in [6.07, 6.45) is 3.69. The van der Waals surface area contributed by atoms with Crippen LogP contribution in [0.25, 0.3) is 16.9 Å². The van der Waals surface area contributed by atoms with E-state index >= 15 is 0 Å². The third-order valence-electron chi connectivity index (χ3n) is 6.54. The van der Waals surface area contributed by atoms with Crippen molar-refractivity contribution >= 4 is 39.2 Å². The van der Waals surface area contributed by atoms with Crippen molar-refractivity contribution in [2.45, 2.75) is 53.4 Å². The monoisotopic (exact) mass is 592 g/mol. The summed E-state index contributed by atoms with van der Waals surface area (Å²) in [6, 6.07) is 11.7. The molecular weight excluding hydrogens is 559 g/mol. The molecule has 0 atom stereocenters. The van der Waals surface area contributed by atoms with Gasteiger partial charge in [0.1, 0.15) is 5.75 Å². The van der Waals surface area contributed by atoms with Gasteiger partial charge in [-0.3, -0.25) is 10.2 Å². The Labute approximate surface area is 240 Å². The number of nitrogens with one attached hydrogen (secondary N) is 1. The first-order valence-corrected chi connectivity index (χ1v) is 15.3. The molecule has 0 aliphatic carbocycles. The van der Waals surface area contributed by atoms with Crippen LogP contribution in [0, 0.1) is 12.3 Å². The number of carbonyl (C=O) groups excluding carboxylic acids is 1. The Kier molecular flexibility index (Phi) is 8.95. The number of hydrogen-bond acceptors (Lipinski definition) is 6. The summed E-state index contributed by atoms with van der Waals surface area (Å²) in [7, 11) is -3.74. The molecule has 1 saturated heterocycles. The number of amides is 1. The molecule has 3 aromatic rings. The molecule has 210 valence electrons. The van der Waals surface area contributed by atoms with E-state index in [1.54, 1.807) is 47.1 Å². The maximum absolute atomic E-state index is 13.3.